The van der Waals surface area contributed by atoms with Crippen LogP contribution in [0.15, 0.2) is 45.6 Å². The molecule has 3 rings (SSSR count). The van der Waals surface area contributed by atoms with Gasteiger partial charge in [-0.05, 0) is 29.8 Å². The van der Waals surface area contributed by atoms with Crippen molar-refractivity contribution in [2.24, 2.45) is 0 Å². The molecule has 0 atom stereocenters. The SMILES string of the molecule is CC(=O)Nc1c(-c2ccc(F)c(Cl)c2)c(=O)oc2cc(O)ccc12. The highest BCUT2D eigenvalue weighted by atomic mass is 35.5. The number of carbonyl (C=O) groups excluding carboxylic acids is 1. The first kappa shape index (κ1) is 16.0. The summed E-state index contributed by atoms with van der Waals surface area (Å²) in [4.78, 5) is 24.0. The van der Waals surface area contributed by atoms with Gasteiger partial charge in [-0.3, -0.25) is 4.79 Å². The third kappa shape index (κ3) is 2.83. The molecule has 0 bridgehead atoms. The van der Waals surface area contributed by atoms with Crippen molar-refractivity contribution in [3.63, 3.8) is 0 Å². The summed E-state index contributed by atoms with van der Waals surface area (Å²) in [6.45, 7) is 1.29. The maximum atomic E-state index is 13.4. The number of hydrogen-bond acceptors (Lipinski definition) is 4. The van der Waals surface area contributed by atoms with Crippen LogP contribution < -0.4 is 10.9 Å². The summed E-state index contributed by atoms with van der Waals surface area (Å²) in [5.74, 6) is -1.11. The lowest BCUT2D eigenvalue weighted by molar-refractivity contribution is -0.114. The van der Waals surface area contributed by atoms with Crippen molar-refractivity contribution in [3.8, 4) is 16.9 Å². The van der Waals surface area contributed by atoms with Crippen molar-refractivity contribution >= 4 is 34.2 Å². The first-order valence-electron chi connectivity index (χ1n) is 6.89. The van der Waals surface area contributed by atoms with Crippen LogP contribution in [0.5, 0.6) is 5.75 Å². The van der Waals surface area contributed by atoms with E-state index in [2.05, 4.69) is 5.32 Å². The number of fused-ring (bicyclic) bond motifs is 1. The Morgan fingerprint density at radius 1 is 1.25 bits per heavy atom. The number of anilines is 1. The molecular formula is C17H11ClFNO4. The van der Waals surface area contributed by atoms with Crippen molar-refractivity contribution < 1.29 is 18.7 Å². The van der Waals surface area contributed by atoms with Gasteiger partial charge in [-0.15, -0.1) is 0 Å². The van der Waals surface area contributed by atoms with E-state index in [4.69, 9.17) is 16.0 Å². The average molecular weight is 348 g/mol. The van der Waals surface area contributed by atoms with E-state index in [1.54, 1.807) is 0 Å². The van der Waals surface area contributed by atoms with Crippen molar-refractivity contribution in [3.05, 3.63) is 57.7 Å². The van der Waals surface area contributed by atoms with Crippen LogP contribution in [0, 0.1) is 5.82 Å². The molecule has 0 aliphatic carbocycles. The quantitative estimate of drug-likeness (QED) is 0.689. The maximum absolute atomic E-state index is 13.4. The average Bonchev–Trinajstić information content (AvgIpc) is 2.49. The molecule has 0 saturated heterocycles. The molecular weight excluding hydrogens is 337 g/mol. The normalized spacial score (nSPS) is 10.8. The standard InChI is InChI=1S/C17H11ClFNO4/c1-8(21)20-16-11-4-3-10(22)7-14(11)24-17(23)15(16)9-2-5-13(19)12(18)6-9/h2-7,22H,1H3,(H,20,21). The zero-order valence-electron chi connectivity index (χ0n) is 12.4. The van der Waals surface area contributed by atoms with E-state index < -0.39 is 17.3 Å². The fourth-order valence-electron chi connectivity index (χ4n) is 2.41. The van der Waals surface area contributed by atoms with Gasteiger partial charge in [0.25, 0.3) is 0 Å². The molecule has 1 amide bonds. The first-order valence-corrected chi connectivity index (χ1v) is 7.27. The Labute approximate surface area is 140 Å². The monoisotopic (exact) mass is 347 g/mol. The van der Waals surface area contributed by atoms with Gasteiger partial charge in [0, 0.05) is 18.4 Å². The summed E-state index contributed by atoms with van der Waals surface area (Å²) in [7, 11) is 0. The topological polar surface area (TPSA) is 79.5 Å². The molecule has 0 unspecified atom stereocenters. The molecule has 122 valence electrons. The summed E-state index contributed by atoms with van der Waals surface area (Å²) in [5.41, 5.74) is -0.0872. The zero-order valence-corrected chi connectivity index (χ0v) is 13.1. The number of phenols is 1. The van der Waals surface area contributed by atoms with Crippen LogP contribution in [-0.2, 0) is 4.79 Å². The molecule has 0 fully saturated rings. The first-order chi connectivity index (χ1) is 11.4. The fourth-order valence-corrected chi connectivity index (χ4v) is 2.59. The highest BCUT2D eigenvalue weighted by molar-refractivity contribution is 6.31. The summed E-state index contributed by atoms with van der Waals surface area (Å²) in [5, 5.41) is 12.4. The van der Waals surface area contributed by atoms with Crippen LogP contribution in [0.25, 0.3) is 22.1 Å². The summed E-state index contributed by atoms with van der Waals surface area (Å²) >= 11 is 5.79. The van der Waals surface area contributed by atoms with Gasteiger partial charge in [-0.25, -0.2) is 9.18 Å². The van der Waals surface area contributed by atoms with E-state index in [0.29, 0.717) is 10.9 Å². The minimum atomic E-state index is -0.750. The van der Waals surface area contributed by atoms with Crippen molar-refractivity contribution in [1.82, 2.24) is 0 Å². The number of aromatic hydroxyl groups is 1. The van der Waals surface area contributed by atoms with E-state index in [9.17, 15) is 19.1 Å². The molecule has 2 aromatic carbocycles. The second-order valence-electron chi connectivity index (χ2n) is 5.13. The van der Waals surface area contributed by atoms with Crippen molar-refractivity contribution in [1.29, 1.82) is 0 Å². The molecule has 7 heteroatoms. The van der Waals surface area contributed by atoms with Crippen LogP contribution >= 0.6 is 11.6 Å². The Kier molecular flexibility index (Phi) is 3.99. The van der Waals surface area contributed by atoms with Gasteiger partial charge >= 0.3 is 5.63 Å². The van der Waals surface area contributed by atoms with Crippen molar-refractivity contribution in [2.75, 3.05) is 5.32 Å². The second-order valence-corrected chi connectivity index (χ2v) is 5.54. The van der Waals surface area contributed by atoms with E-state index >= 15 is 0 Å². The third-order valence-electron chi connectivity index (χ3n) is 3.40. The number of amides is 1. The van der Waals surface area contributed by atoms with Gasteiger partial charge in [0.1, 0.15) is 17.1 Å². The summed E-state index contributed by atoms with van der Waals surface area (Å²) < 4.78 is 18.6. The molecule has 0 aliphatic heterocycles. The predicted octanol–water partition coefficient (Wildman–Crippen LogP) is 3.92. The Morgan fingerprint density at radius 3 is 2.67 bits per heavy atom. The Hall–Kier alpha value is -2.86. The lowest BCUT2D eigenvalue weighted by atomic mass is 10.0. The highest BCUT2D eigenvalue weighted by Gasteiger charge is 2.18. The number of rotatable bonds is 2. The molecule has 1 heterocycles. The maximum Gasteiger partial charge on any atom is 0.346 e. The zero-order chi connectivity index (χ0) is 17.4. The minimum Gasteiger partial charge on any atom is -0.508 e. The Morgan fingerprint density at radius 2 is 2.00 bits per heavy atom. The summed E-state index contributed by atoms with van der Waals surface area (Å²) in [6, 6.07) is 7.94. The largest absolute Gasteiger partial charge is 0.508 e. The van der Waals surface area contributed by atoms with Crippen LogP contribution in [0.3, 0.4) is 0 Å². The lowest BCUT2D eigenvalue weighted by Gasteiger charge is -2.12. The molecule has 24 heavy (non-hydrogen) atoms. The van der Waals surface area contributed by atoms with Gasteiger partial charge in [0.15, 0.2) is 0 Å². The molecule has 0 radical (unpaired) electrons. The van der Waals surface area contributed by atoms with Crippen LogP contribution in [-0.4, -0.2) is 11.0 Å². The molecule has 1 aromatic heterocycles. The number of phenolic OH excluding ortho intramolecular Hbond substituents is 1. The third-order valence-corrected chi connectivity index (χ3v) is 3.69. The van der Waals surface area contributed by atoms with Gasteiger partial charge in [-0.2, -0.15) is 0 Å². The summed E-state index contributed by atoms with van der Waals surface area (Å²) in [6.07, 6.45) is 0. The molecule has 5 nitrogen and oxygen atoms in total. The molecule has 0 aliphatic rings. The van der Waals surface area contributed by atoms with E-state index in [-0.39, 0.29) is 27.6 Å². The van der Waals surface area contributed by atoms with Gasteiger partial charge in [0.05, 0.1) is 16.3 Å². The molecule has 0 saturated carbocycles. The predicted molar refractivity (Wildman–Crippen MR) is 88.9 cm³/mol. The minimum absolute atomic E-state index is 0.0466. The highest BCUT2D eigenvalue weighted by Crippen LogP contribution is 2.34. The van der Waals surface area contributed by atoms with Crippen LogP contribution in [0.2, 0.25) is 5.02 Å². The van der Waals surface area contributed by atoms with Gasteiger partial charge < -0.3 is 14.8 Å². The Bertz CT molecular complexity index is 1030. The number of benzene rings is 2. The number of hydrogen-bond donors (Lipinski definition) is 2. The Balaban J connectivity index is 2.39. The molecule has 2 N–H and O–H groups in total. The van der Waals surface area contributed by atoms with E-state index in [1.807, 2.05) is 0 Å². The second kappa shape index (κ2) is 5.98. The fraction of sp³-hybridized carbons (Fsp3) is 0.0588. The van der Waals surface area contributed by atoms with E-state index in [1.165, 1.54) is 37.3 Å². The molecule has 0 spiro atoms. The smallest absolute Gasteiger partial charge is 0.346 e. The molecule has 3 aromatic rings. The van der Waals surface area contributed by atoms with Crippen molar-refractivity contribution in [2.45, 2.75) is 6.92 Å². The van der Waals surface area contributed by atoms with Gasteiger partial charge in [0.2, 0.25) is 5.91 Å². The number of carbonyl (C=O) groups is 1. The lowest BCUT2D eigenvalue weighted by Crippen LogP contribution is -2.13. The van der Waals surface area contributed by atoms with Gasteiger partial charge in [-0.1, -0.05) is 17.7 Å². The number of halogens is 2. The van der Waals surface area contributed by atoms with Crippen LogP contribution in [0.4, 0.5) is 10.1 Å². The number of nitrogens with one attached hydrogen (secondary N) is 1. The van der Waals surface area contributed by atoms with E-state index in [0.717, 1.165) is 6.07 Å². The van der Waals surface area contributed by atoms with Crippen LogP contribution in [0.1, 0.15) is 6.92 Å².